The van der Waals surface area contributed by atoms with Crippen LogP contribution in [-0.4, -0.2) is 14.2 Å². The first kappa shape index (κ1) is 15.8. The Hall–Kier alpha value is -1.55. The van der Waals surface area contributed by atoms with Crippen LogP contribution in [0.1, 0.15) is 21.5 Å². The second-order valence-electron chi connectivity index (χ2n) is 4.89. The topological polar surface area (TPSA) is 18.5 Å². The summed E-state index contributed by atoms with van der Waals surface area (Å²) < 4.78 is 24.5. The number of ether oxygens (including phenoxy) is 2. The highest BCUT2D eigenvalue weighted by Crippen LogP contribution is 2.36. The molecule has 0 aliphatic carbocycles. The van der Waals surface area contributed by atoms with Gasteiger partial charge in [0.2, 0.25) is 0 Å². The maximum absolute atomic E-state index is 14.2. The van der Waals surface area contributed by atoms with E-state index < -0.39 is 0 Å². The molecule has 0 saturated heterocycles. The molecule has 0 bridgehead atoms. The average Bonchev–Trinajstić information content (AvgIpc) is 2.49. The van der Waals surface area contributed by atoms with E-state index in [0.29, 0.717) is 23.5 Å². The van der Waals surface area contributed by atoms with E-state index in [9.17, 15) is 4.39 Å². The van der Waals surface area contributed by atoms with E-state index in [4.69, 9.17) is 9.47 Å². The second-order valence-corrected chi connectivity index (χ2v) is 5.99. The van der Waals surface area contributed by atoms with E-state index in [-0.39, 0.29) is 10.6 Å². The molecule has 0 amide bonds. The Bertz CT molecular complexity index is 611. The number of methoxy groups -OCH3 is 2. The predicted molar refractivity (Wildman–Crippen MR) is 86.1 cm³/mol. The predicted octanol–water partition coefficient (Wildman–Crippen LogP) is 4.83. The monoisotopic (exact) mass is 352 g/mol. The summed E-state index contributed by atoms with van der Waals surface area (Å²) in [6.45, 7) is 2.05. The molecule has 112 valence electrons. The van der Waals surface area contributed by atoms with Crippen LogP contribution in [0.5, 0.6) is 11.5 Å². The molecule has 2 nitrogen and oxygen atoms in total. The molecule has 2 rings (SSSR count). The summed E-state index contributed by atoms with van der Waals surface area (Å²) in [5.74, 6) is 0.623. The van der Waals surface area contributed by atoms with Crippen LogP contribution >= 0.6 is 15.9 Å². The van der Waals surface area contributed by atoms with Crippen molar-refractivity contribution in [1.82, 2.24) is 0 Å². The van der Waals surface area contributed by atoms with Crippen LogP contribution in [0.15, 0.2) is 36.4 Å². The van der Waals surface area contributed by atoms with Gasteiger partial charge in [0.15, 0.2) is 11.5 Å². The maximum Gasteiger partial charge on any atom is 0.163 e. The SMILES string of the molecule is COc1cc(F)c(C(Br)Cc2ccc(C)cc2)cc1OC. The Balaban J connectivity index is 2.26. The van der Waals surface area contributed by atoms with Crippen LogP contribution in [0.3, 0.4) is 0 Å². The Morgan fingerprint density at radius 3 is 2.19 bits per heavy atom. The zero-order valence-electron chi connectivity index (χ0n) is 12.3. The summed E-state index contributed by atoms with van der Waals surface area (Å²) in [7, 11) is 3.04. The third-order valence-electron chi connectivity index (χ3n) is 3.38. The van der Waals surface area contributed by atoms with Crippen molar-refractivity contribution in [3.05, 3.63) is 58.9 Å². The van der Waals surface area contributed by atoms with E-state index in [2.05, 4.69) is 40.2 Å². The summed E-state index contributed by atoms with van der Waals surface area (Å²) >= 11 is 3.57. The first-order valence-electron chi connectivity index (χ1n) is 6.66. The number of rotatable bonds is 5. The van der Waals surface area contributed by atoms with E-state index in [1.54, 1.807) is 13.2 Å². The quantitative estimate of drug-likeness (QED) is 0.717. The van der Waals surface area contributed by atoms with Crippen molar-refractivity contribution in [2.45, 2.75) is 18.2 Å². The van der Waals surface area contributed by atoms with Gasteiger partial charge in [0.25, 0.3) is 0 Å². The van der Waals surface area contributed by atoms with Gasteiger partial charge in [-0.25, -0.2) is 4.39 Å². The zero-order valence-corrected chi connectivity index (χ0v) is 13.9. The first-order chi connectivity index (χ1) is 10.0. The Morgan fingerprint density at radius 2 is 1.62 bits per heavy atom. The average molecular weight is 353 g/mol. The lowest BCUT2D eigenvalue weighted by Gasteiger charge is -2.15. The minimum atomic E-state index is -0.304. The molecular weight excluding hydrogens is 335 g/mol. The summed E-state index contributed by atoms with van der Waals surface area (Å²) in [4.78, 5) is -0.125. The molecule has 2 aromatic rings. The van der Waals surface area contributed by atoms with Crippen molar-refractivity contribution < 1.29 is 13.9 Å². The highest BCUT2D eigenvalue weighted by atomic mass is 79.9. The number of aryl methyl sites for hydroxylation is 1. The van der Waals surface area contributed by atoms with Crippen LogP contribution in [0.4, 0.5) is 4.39 Å². The Morgan fingerprint density at radius 1 is 1.05 bits per heavy atom. The van der Waals surface area contributed by atoms with Crippen LogP contribution in [0.25, 0.3) is 0 Å². The normalized spacial score (nSPS) is 12.0. The summed E-state index contributed by atoms with van der Waals surface area (Å²) in [5.41, 5.74) is 2.92. The lowest BCUT2D eigenvalue weighted by Crippen LogP contribution is -2.01. The van der Waals surface area contributed by atoms with Crippen molar-refractivity contribution in [2.75, 3.05) is 14.2 Å². The van der Waals surface area contributed by atoms with Gasteiger partial charge in [-0.05, 0) is 25.0 Å². The van der Waals surface area contributed by atoms with E-state index in [1.165, 1.54) is 18.7 Å². The van der Waals surface area contributed by atoms with Gasteiger partial charge in [0, 0.05) is 16.5 Å². The molecule has 0 saturated carbocycles. The van der Waals surface area contributed by atoms with E-state index >= 15 is 0 Å². The van der Waals surface area contributed by atoms with Crippen molar-refractivity contribution >= 4 is 15.9 Å². The fraction of sp³-hybridized carbons (Fsp3) is 0.294. The summed E-state index contributed by atoms with van der Waals surface area (Å²) in [6, 6.07) is 11.3. The number of hydrogen-bond donors (Lipinski definition) is 0. The van der Waals surface area contributed by atoms with Crippen molar-refractivity contribution in [2.24, 2.45) is 0 Å². The molecule has 0 radical (unpaired) electrons. The molecule has 21 heavy (non-hydrogen) atoms. The van der Waals surface area contributed by atoms with Gasteiger partial charge in [-0.2, -0.15) is 0 Å². The maximum atomic E-state index is 14.2. The number of alkyl halides is 1. The lowest BCUT2D eigenvalue weighted by molar-refractivity contribution is 0.351. The third-order valence-corrected chi connectivity index (χ3v) is 4.19. The minimum absolute atomic E-state index is 0.125. The highest BCUT2D eigenvalue weighted by molar-refractivity contribution is 9.09. The smallest absolute Gasteiger partial charge is 0.163 e. The summed E-state index contributed by atoms with van der Waals surface area (Å²) in [5, 5.41) is 0. The molecule has 2 aromatic carbocycles. The van der Waals surface area contributed by atoms with Gasteiger partial charge in [-0.15, -0.1) is 0 Å². The van der Waals surface area contributed by atoms with Gasteiger partial charge in [0.05, 0.1) is 14.2 Å². The first-order valence-corrected chi connectivity index (χ1v) is 7.57. The summed E-state index contributed by atoms with van der Waals surface area (Å²) in [6.07, 6.45) is 0.701. The third kappa shape index (κ3) is 3.76. The van der Waals surface area contributed by atoms with Crippen molar-refractivity contribution in [3.63, 3.8) is 0 Å². The zero-order chi connectivity index (χ0) is 15.4. The number of benzene rings is 2. The molecule has 4 heteroatoms. The fourth-order valence-electron chi connectivity index (χ4n) is 2.15. The lowest BCUT2D eigenvalue weighted by atomic mass is 10.0. The second kappa shape index (κ2) is 6.94. The van der Waals surface area contributed by atoms with Gasteiger partial charge < -0.3 is 9.47 Å². The van der Waals surface area contributed by atoms with Gasteiger partial charge in [-0.1, -0.05) is 45.8 Å². The van der Waals surface area contributed by atoms with E-state index in [1.807, 2.05) is 6.92 Å². The van der Waals surface area contributed by atoms with Crippen LogP contribution in [0.2, 0.25) is 0 Å². The van der Waals surface area contributed by atoms with E-state index in [0.717, 1.165) is 5.56 Å². The Labute approximate surface area is 133 Å². The van der Waals surface area contributed by atoms with Crippen LogP contribution < -0.4 is 9.47 Å². The largest absolute Gasteiger partial charge is 0.493 e. The molecule has 0 spiro atoms. The van der Waals surface area contributed by atoms with Gasteiger partial charge in [0.1, 0.15) is 5.82 Å². The molecule has 1 unspecified atom stereocenters. The fourth-order valence-corrected chi connectivity index (χ4v) is 2.88. The minimum Gasteiger partial charge on any atom is -0.493 e. The molecule has 0 heterocycles. The van der Waals surface area contributed by atoms with Crippen molar-refractivity contribution in [1.29, 1.82) is 0 Å². The molecule has 0 N–H and O–H groups in total. The standard InChI is InChI=1S/C17H18BrFO2/c1-11-4-6-12(7-5-11)8-14(18)13-9-16(20-2)17(21-3)10-15(13)19/h4-7,9-10,14H,8H2,1-3H3. The van der Waals surface area contributed by atoms with Gasteiger partial charge in [-0.3, -0.25) is 0 Å². The molecule has 1 atom stereocenters. The molecule has 0 aromatic heterocycles. The number of hydrogen-bond acceptors (Lipinski definition) is 2. The highest BCUT2D eigenvalue weighted by Gasteiger charge is 2.17. The van der Waals surface area contributed by atoms with Crippen LogP contribution in [0, 0.1) is 12.7 Å². The van der Waals surface area contributed by atoms with Gasteiger partial charge >= 0.3 is 0 Å². The van der Waals surface area contributed by atoms with Crippen molar-refractivity contribution in [3.8, 4) is 11.5 Å². The number of halogens is 2. The molecular formula is C17H18BrFO2. The molecule has 0 fully saturated rings. The van der Waals surface area contributed by atoms with Crippen LogP contribution in [-0.2, 0) is 6.42 Å². The Kier molecular flexibility index (Phi) is 5.23. The molecule has 0 aliphatic heterocycles. The molecule has 0 aliphatic rings.